The largest absolute Gasteiger partial charge is 0.487 e. The number of cyclic esters (lactones) is 1. The number of hydrogen-bond donors (Lipinski definition) is 0. The Morgan fingerprint density at radius 2 is 1.78 bits per heavy atom. The Balaban J connectivity index is 1.55. The number of ether oxygens (including phenoxy) is 2. The molecule has 8 heteroatoms. The van der Waals surface area contributed by atoms with Crippen molar-refractivity contribution in [3.8, 4) is 5.75 Å². The lowest BCUT2D eigenvalue weighted by Crippen LogP contribution is -2.05. The molecule has 0 N–H and O–H groups in total. The predicted octanol–water partition coefficient (Wildman–Crippen LogP) is 7.70. The van der Waals surface area contributed by atoms with Gasteiger partial charge in [0.25, 0.3) is 0 Å². The summed E-state index contributed by atoms with van der Waals surface area (Å²) in [7, 11) is 0. The van der Waals surface area contributed by atoms with Crippen molar-refractivity contribution in [3.63, 3.8) is 0 Å². The Morgan fingerprint density at radius 3 is 2.44 bits per heavy atom. The number of aliphatic imine (C=N–C) groups is 1. The van der Waals surface area contributed by atoms with Gasteiger partial charge in [0, 0.05) is 14.2 Å². The van der Waals surface area contributed by atoms with Crippen LogP contribution in [0.4, 0.5) is 0 Å². The van der Waals surface area contributed by atoms with Gasteiger partial charge in [-0.15, -0.1) is 0 Å². The zero-order valence-electron chi connectivity index (χ0n) is 16.7. The van der Waals surface area contributed by atoms with Crippen molar-refractivity contribution in [1.29, 1.82) is 0 Å². The summed E-state index contributed by atoms with van der Waals surface area (Å²) in [6, 6.07) is 17.0. The number of carbonyl (C=O) groups is 1. The summed E-state index contributed by atoms with van der Waals surface area (Å²) >= 11 is 15.3. The number of benzene rings is 3. The van der Waals surface area contributed by atoms with Crippen LogP contribution >= 0.6 is 66.1 Å². The third kappa shape index (κ3) is 5.44. The van der Waals surface area contributed by atoms with E-state index < -0.39 is 5.97 Å². The maximum atomic E-state index is 12.4. The average Bonchev–Trinajstić information content (AvgIpc) is 3.11. The molecule has 0 bridgehead atoms. The molecule has 0 spiro atoms. The Labute approximate surface area is 221 Å². The van der Waals surface area contributed by atoms with E-state index in [0.717, 1.165) is 34.8 Å². The minimum Gasteiger partial charge on any atom is -0.487 e. The predicted molar refractivity (Wildman–Crippen MR) is 142 cm³/mol. The van der Waals surface area contributed by atoms with Gasteiger partial charge in [-0.3, -0.25) is 0 Å². The third-order valence-corrected chi connectivity index (χ3v) is 7.29. The van der Waals surface area contributed by atoms with E-state index in [4.69, 9.17) is 21.1 Å². The van der Waals surface area contributed by atoms with Crippen LogP contribution in [0.25, 0.3) is 6.08 Å². The maximum absolute atomic E-state index is 12.4. The highest BCUT2D eigenvalue weighted by Crippen LogP contribution is 2.36. The smallest absolute Gasteiger partial charge is 0.363 e. The topological polar surface area (TPSA) is 47.9 Å². The Bertz CT molecular complexity index is 1250. The molecule has 0 aliphatic carbocycles. The molecule has 0 fully saturated rings. The molecule has 4 nitrogen and oxygen atoms in total. The average molecular weight is 688 g/mol. The Morgan fingerprint density at radius 1 is 1.09 bits per heavy atom. The van der Waals surface area contributed by atoms with Gasteiger partial charge in [-0.1, -0.05) is 23.7 Å². The van der Waals surface area contributed by atoms with E-state index >= 15 is 0 Å². The molecule has 0 aromatic heterocycles. The van der Waals surface area contributed by atoms with Gasteiger partial charge in [0.15, 0.2) is 5.70 Å². The van der Waals surface area contributed by atoms with E-state index in [9.17, 15) is 4.79 Å². The first kappa shape index (κ1) is 23.5. The van der Waals surface area contributed by atoms with Crippen LogP contribution in [0.5, 0.6) is 5.75 Å². The summed E-state index contributed by atoms with van der Waals surface area (Å²) < 4.78 is 14.0. The first-order valence-corrected chi connectivity index (χ1v) is 12.5. The standard InChI is InChI=1S/C24H15Br2ClINO3/c1-13-8-16(4-7-20(13)28)23-29-21(24(30)32-23)11-15-9-18(25)22(19(26)10-15)31-12-14-2-5-17(27)6-3-14/h2-11H,12H2,1H3/b21-11-. The van der Waals surface area contributed by atoms with Crippen molar-refractivity contribution >= 4 is 84.0 Å². The normalized spacial score (nSPS) is 14.5. The number of carbonyl (C=O) groups excluding carboxylic acids is 1. The molecule has 1 aliphatic heterocycles. The molecular weight excluding hydrogens is 672 g/mol. The number of nitrogens with zero attached hydrogens (tertiary/aromatic N) is 1. The Kier molecular flexibility index (Phi) is 7.39. The second kappa shape index (κ2) is 10.1. The minimum atomic E-state index is -0.480. The van der Waals surface area contributed by atoms with Gasteiger partial charge in [-0.05, 0) is 127 Å². The molecule has 1 heterocycles. The van der Waals surface area contributed by atoms with Crippen LogP contribution in [0.15, 0.2) is 74.2 Å². The first-order valence-electron chi connectivity index (χ1n) is 9.45. The van der Waals surface area contributed by atoms with Crippen LogP contribution in [-0.4, -0.2) is 11.9 Å². The molecule has 0 atom stereocenters. The summed E-state index contributed by atoms with van der Waals surface area (Å²) in [6.45, 7) is 2.40. The van der Waals surface area contributed by atoms with E-state index in [2.05, 4.69) is 59.4 Å². The zero-order valence-corrected chi connectivity index (χ0v) is 22.7. The second-order valence-electron chi connectivity index (χ2n) is 7.03. The number of halogens is 4. The van der Waals surface area contributed by atoms with Crippen LogP contribution in [0, 0.1) is 10.5 Å². The van der Waals surface area contributed by atoms with Crippen molar-refractivity contribution in [2.75, 3.05) is 0 Å². The fourth-order valence-electron chi connectivity index (χ4n) is 3.01. The molecule has 1 aliphatic rings. The summed E-state index contributed by atoms with van der Waals surface area (Å²) in [6.07, 6.45) is 1.69. The number of hydrogen-bond acceptors (Lipinski definition) is 4. The highest BCUT2D eigenvalue weighted by molar-refractivity contribution is 14.1. The van der Waals surface area contributed by atoms with E-state index in [1.807, 2.05) is 61.5 Å². The molecule has 0 saturated heterocycles. The lowest BCUT2D eigenvalue weighted by molar-refractivity contribution is -0.129. The second-order valence-corrected chi connectivity index (χ2v) is 10.3. The van der Waals surface area contributed by atoms with Gasteiger partial charge in [0.1, 0.15) is 12.4 Å². The molecule has 0 amide bonds. The van der Waals surface area contributed by atoms with Gasteiger partial charge in [0.05, 0.1) is 8.95 Å². The van der Waals surface area contributed by atoms with Crippen molar-refractivity contribution in [2.45, 2.75) is 13.5 Å². The lowest BCUT2D eigenvalue weighted by atomic mass is 10.1. The van der Waals surface area contributed by atoms with Crippen molar-refractivity contribution in [2.24, 2.45) is 4.99 Å². The van der Waals surface area contributed by atoms with Crippen LogP contribution < -0.4 is 4.74 Å². The molecular formula is C24H15Br2ClINO3. The highest BCUT2D eigenvalue weighted by Gasteiger charge is 2.24. The first-order chi connectivity index (χ1) is 15.3. The van der Waals surface area contributed by atoms with Crippen molar-refractivity contribution in [3.05, 3.63) is 100 Å². The molecule has 0 radical (unpaired) electrons. The van der Waals surface area contributed by atoms with Crippen LogP contribution in [0.2, 0.25) is 5.02 Å². The quantitative estimate of drug-likeness (QED) is 0.157. The van der Waals surface area contributed by atoms with Crippen LogP contribution in [0.1, 0.15) is 22.3 Å². The van der Waals surface area contributed by atoms with Crippen LogP contribution in [-0.2, 0) is 16.1 Å². The molecule has 32 heavy (non-hydrogen) atoms. The molecule has 0 unspecified atom stereocenters. The zero-order chi connectivity index (χ0) is 22.8. The summed E-state index contributed by atoms with van der Waals surface area (Å²) in [5.74, 6) is 0.489. The van der Waals surface area contributed by atoms with Crippen molar-refractivity contribution in [1.82, 2.24) is 0 Å². The van der Waals surface area contributed by atoms with E-state index in [1.165, 1.54) is 0 Å². The van der Waals surface area contributed by atoms with Gasteiger partial charge in [-0.2, -0.15) is 0 Å². The number of rotatable bonds is 5. The SMILES string of the molecule is Cc1cc(C2=N/C(=C\c3cc(Br)c(OCc4ccc(Cl)cc4)c(Br)c3)C(=O)O2)ccc1I. The highest BCUT2D eigenvalue weighted by atomic mass is 127. The molecule has 3 aromatic carbocycles. The minimum absolute atomic E-state index is 0.241. The molecule has 4 rings (SSSR count). The summed E-state index contributed by atoms with van der Waals surface area (Å²) in [4.78, 5) is 16.8. The van der Waals surface area contributed by atoms with Gasteiger partial charge < -0.3 is 9.47 Å². The van der Waals surface area contributed by atoms with E-state index in [-0.39, 0.29) is 5.70 Å². The number of aryl methyl sites for hydroxylation is 1. The Hall–Kier alpha value is -1.68. The van der Waals surface area contributed by atoms with E-state index in [1.54, 1.807) is 6.08 Å². The third-order valence-electron chi connectivity index (χ3n) is 4.65. The van der Waals surface area contributed by atoms with Crippen molar-refractivity contribution < 1.29 is 14.3 Å². The van der Waals surface area contributed by atoms with Gasteiger partial charge >= 0.3 is 5.97 Å². The van der Waals surface area contributed by atoms with Gasteiger partial charge in [0.2, 0.25) is 5.90 Å². The monoisotopic (exact) mass is 685 g/mol. The summed E-state index contributed by atoms with van der Waals surface area (Å²) in [5, 5.41) is 0.682. The lowest BCUT2D eigenvalue weighted by Gasteiger charge is -2.11. The van der Waals surface area contributed by atoms with E-state index in [0.29, 0.717) is 23.3 Å². The fourth-order valence-corrected chi connectivity index (χ4v) is 4.92. The fraction of sp³-hybridized carbons (Fsp3) is 0.0833. The van der Waals surface area contributed by atoms with Gasteiger partial charge in [-0.25, -0.2) is 9.79 Å². The summed E-state index contributed by atoms with van der Waals surface area (Å²) in [5.41, 5.74) is 3.89. The molecule has 3 aromatic rings. The number of esters is 1. The molecule has 162 valence electrons. The van der Waals surface area contributed by atoms with Crippen LogP contribution in [0.3, 0.4) is 0 Å². The molecule has 0 saturated carbocycles. The maximum Gasteiger partial charge on any atom is 0.363 e.